The molecule has 4 nitrogen and oxygen atoms in total. The first-order chi connectivity index (χ1) is 8.79. The number of aromatic nitrogens is 3. The van der Waals surface area contributed by atoms with Gasteiger partial charge in [0.25, 0.3) is 0 Å². The number of hydrogen-bond donors (Lipinski definition) is 3. The lowest BCUT2D eigenvalue weighted by Crippen LogP contribution is -2.02. The molecule has 2 heterocycles. The van der Waals surface area contributed by atoms with Crippen LogP contribution in [-0.2, 0) is 6.42 Å². The maximum atomic E-state index is 13.6. The number of nitrogens with two attached hydrogens (primary N) is 1. The standard InChI is InChI=1S/C13H13FN4/c14-10-3-1-2-8-6-11(17-12(8)10)13-9(4-5-15)7-16-18-13/h1-3,6-7,17H,4-5,15H2,(H,16,18). The molecule has 0 saturated carbocycles. The largest absolute Gasteiger partial charge is 0.351 e. The van der Waals surface area contributed by atoms with Gasteiger partial charge in [-0.25, -0.2) is 4.39 Å². The molecule has 0 bridgehead atoms. The zero-order valence-corrected chi connectivity index (χ0v) is 9.70. The van der Waals surface area contributed by atoms with E-state index in [4.69, 9.17) is 5.73 Å². The number of H-pyrrole nitrogens is 2. The molecule has 0 aliphatic rings. The highest BCUT2D eigenvalue weighted by Gasteiger charge is 2.11. The van der Waals surface area contributed by atoms with Gasteiger partial charge in [0.05, 0.1) is 23.1 Å². The van der Waals surface area contributed by atoms with Crippen LogP contribution in [0, 0.1) is 5.82 Å². The summed E-state index contributed by atoms with van der Waals surface area (Å²) in [7, 11) is 0. The molecule has 5 heteroatoms. The van der Waals surface area contributed by atoms with Gasteiger partial charge in [-0.05, 0) is 25.1 Å². The summed E-state index contributed by atoms with van der Waals surface area (Å²) >= 11 is 0. The summed E-state index contributed by atoms with van der Waals surface area (Å²) in [5.41, 5.74) is 8.80. The van der Waals surface area contributed by atoms with Gasteiger partial charge in [0.2, 0.25) is 0 Å². The van der Waals surface area contributed by atoms with Crippen molar-refractivity contribution in [2.24, 2.45) is 5.73 Å². The van der Waals surface area contributed by atoms with E-state index in [1.54, 1.807) is 12.3 Å². The van der Waals surface area contributed by atoms with Crippen LogP contribution in [0.1, 0.15) is 5.56 Å². The van der Waals surface area contributed by atoms with Crippen LogP contribution in [0.25, 0.3) is 22.3 Å². The second-order valence-electron chi connectivity index (χ2n) is 4.20. The normalized spacial score (nSPS) is 11.2. The summed E-state index contributed by atoms with van der Waals surface area (Å²) in [5.74, 6) is -0.251. The first-order valence-corrected chi connectivity index (χ1v) is 5.79. The van der Waals surface area contributed by atoms with Gasteiger partial charge < -0.3 is 10.7 Å². The van der Waals surface area contributed by atoms with Crippen LogP contribution in [0.15, 0.2) is 30.5 Å². The summed E-state index contributed by atoms with van der Waals surface area (Å²) in [5, 5.41) is 7.79. The minimum atomic E-state index is -0.251. The molecule has 92 valence electrons. The van der Waals surface area contributed by atoms with Crippen molar-refractivity contribution in [1.82, 2.24) is 15.2 Å². The van der Waals surface area contributed by atoms with E-state index in [0.29, 0.717) is 12.1 Å². The van der Waals surface area contributed by atoms with Crippen LogP contribution in [0.4, 0.5) is 4.39 Å². The van der Waals surface area contributed by atoms with Crippen molar-refractivity contribution in [3.05, 3.63) is 41.8 Å². The SMILES string of the molecule is NCCc1cn[nH]c1-c1cc2cccc(F)c2[nH]1. The zero-order chi connectivity index (χ0) is 12.5. The van der Waals surface area contributed by atoms with Gasteiger partial charge >= 0.3 is 0 Å². The Morgan fingerprint density at radius 1 is 1.33 bits per heavy atom. The average molecular weight is 244 g/mol. The van der Waals surface area contributed by atoms with Crippen molar-refractivity contribution >= 4 is 10.9 Å². The number of hydrogen-bond acceptors (Lipinski definition) is 2. The number of rotatable bonds is 3. The van der Waals surface area contributed by atoms with E-state index in [0.717, 1.165) is 28.8 Å². The molecule has 0 atom stereocenters. The molecule has 0 amide bonds. The van der Waals surface area contributed by atoms with Gasteiger partial charge in [-0.3, -0.25) is 5.10 Å². The Morgan fingerprint density at radius 2 is 2.22 bits per heavy atom. The number of nitrogens with zero attached hydrogens (tertiary/aromatic N) is 1. The third kappa shape index (κ3) is 1.69. The van der Waals surface area contributed by atoms with E-state index in [1.807, 2.05) is 12.1 Å². The number of fused-ring (bicyclic) bond motifs is 1. The number of aromatic amines is 2. The number of halogens is 1. The third-order valence-electron chi connectivity index (χ3n) is 3.01. The third-order valence-corrected chi connectivity index (χ3v) is 3.01. The van der Waals surface area contributed by atoms with Crippen LogP contribution in [0.2, 0.25) is 0 Å². The highest BCUT2D eigenvalue weighted by atomic mass is 19.1. The van der Waals surface area contributed by atoms with Crippen molar-refractivity contribution in [2.45, 2.75) is 6.42 Å². The molecule has 0 unspecified atom stereocenters. The van der Waals surface area contributed by atoms with Crippen LogP contribution >= 0.6 is 0 Å². The maximum absolute atomic E-state index is 13.6. The Morgan fingerprint density at radius 3 is 3.00 bits per heavy atom. The van der Waals surface area contributed by atoms with Crippen LogP contribution in [-0.4, -0.2) is 21.7 Å². The van der Waals surface area contributed by atoms with Crippen LogP contribution < -0.4 is 5.73 Å². The molecule has 4 N–H and O–H groups in total. The lowest BCUT2D eigenvalue weighted by Gasteiger charge is -1.98. The van der Waals surface area contributed by atoms with Crippen LogP contribution in [0.5, 0.6) is 0 Å². The quantitative estimate of drug-likeness (QED) is 0.661. The molecule has 0 saturated heterocycles. The molecular formula is C13H13FN4. The summed E-state index contributed by atoms with van der Waals surface area (Å²) in [6.45, 7) is 0.557. The fourth-order valence-corrected chi connectivity index (χ4v) is 2.14. The van der Waals surface area contributed by atoms with Crippen molar-refractivity contribution < 1.29 is 4.39 Å². The summed E-state index contributed by atoms with van der Waals surface area (Å²) in [4.78, 5) is 3.08. The first kappa shape index (κ1) is 11.0. The fourth-order valence-electron chi connectivity index (χ4n) is 2.14. The molecule has 2 aromatic heterocycles. The zero-order valence-electron chi connectivity index (χ0n) is 9.70. The van der Waals surface area contributed by atoms with E-state index in [1.165, 1.54) is 6.07 Å². The Labute approximate surface area is 103 Å². The predicted molar refractivity (Wildman–Crippen MR) is 68.6 cm³/mol. The average Bonchev–Trinajstić information content (AvgIpc) is 2.95. The molecule has 3 aromatic rings. The number of nitrogens with one attached hydrogen (secondary N) is 2. The van der Waals surface area contributed by atoms with Crippen molar-refractivity contribution in [3.8, 4) is 11.4 Å². The molecule has 3 rings (SSSR count). The van der Waals surface area contributed by atoms with Gasteiger partial charge in [0.1, 0.15) is 5.82 Å². The molecular weight excluding hydrogens is 231 g/mol. The van der Waals surface area contributed by atoms with E-state index in [9.17, 15) is 4.39 Å². The van der Waals surface area contributed by atoms with E-state index in [-0.39, 0.29) is 5.82 Å². The minimum absolute atomic E-state index is 0.251. The van der Waals surface area contributed by atoms with Crippen molar-refractivity contribution in [2.75, 3.05) is 6.54 Å². The van der Waals surface area contributed by atoms with Crippen molar-refractivity contribution in [3.63, 3.8) is 0 Å². The lowest BCUT2D eigenvalue weighted by atomic mass is 10.1. The lowest BCUT2D eigenvalue weighted by molar-refractivity contribution is 0.637. The van der Waals surface area contributed by atoms with Crippen molar-refractivity contribution in [1.29, 1.82) is 0 Å². The van der Waals surface area contributed by atoms with Crippen LogP contribution in [0.3, 0.4) is 0 Å². The summed E-state index contributed by atoms with van der Waals surface area (Å²) in [6.07, 6.45) is 2.49. The first-order valence-electron chi connectivity index (χ1n) is 5.79. The Kier molecular flexibility index (Phi) is 2.60. The molecule has 0 radical (unpaired) electrons. The van der Waals surface area contributed by atoms with Gasteiger partial charge in [-0.1, -0.05) is 12.1 Å². The molecule has 0 fully saturated rings. The number of para-hydroxylation sites is 1. The monoisotopic (exact) mass is 244 g/mol. The van der Waals surface area contributed by atoms with E-state index < -0.39 is 0 Å². The van der Waals surface area contributed by atoms with Gasteiger partial charge in [0, 0.05) is 10.9 Å². The van der Waals surface area contributed by atoms with E-state index >= 15 is 0 Å². The van der Waals surface area contributed by atoms with E-state index in [2.05, 4.69) is 15.2 Å². The maximum Gasteiger partial charge on any atom is 0.147 e. The minimum Gasteiger partial charge on any atom is -0.351 e. The molecule has 0 aliphatic heterocycles. The Balaban J connectivity index is 2.14. The molecule has 18 heavy (non-hydrogen) atoms. The molecule has 0 spiro atoms. The Hall–Kier alpha value is -2.14. The summed E-state index contributed by atoms with van der Waals surface area (Å²) in [6, 6.07) is 6.92. The number of benzene rings is 1. The Bertz CT molecular complexity index is 683. The highest BCUT2D eigenvalue weighted by Crippen LogP contribution is 2.26. The fraction of sp³-hybridized carbons (Fsp3) is 0.154. The van der Waals surface area contributed by atoms with Gasteiger partial charge in [-0.2, -0.15) is 5.10 Å². The predicted octanol–water partition coefficient (Wildman–Crippen LogP) is 2.20. The smallest absolute Gasteiger partial charge is 0.147 e. The highest BCUT2D eigenvalue weighted by molar-refractivity contribution is 5.86. The second-order valence-corrected chi connectivity index (χ2v) is 4.20. The second kappa shape index (κ2) is 4.27. The van der Waals surface area contributed by atoms with Gasteiger partial charge in [-0.15, -0.1) is 0 Å². The molecule has 0 aliphatic carbocycles. The summed E-state index contributed by atoms with van der Waals surface area (Å²) < 4.78 is 13.6. The molecule has 1 aromatic carbocycles. The van der Waals surface area contributed by atoms with Gasteiger partial charge in [0.15, 0.2) is 0 Å². The topological polar surface area (TPSA) is 70.5 Å².